The van der Waals surface area contributed by atoms with Crippen LogP contribution in [0.15, 0.2) is 55.1 Å². The molecule has 0 fully saturated rings. The molecule has 94 valence electrons. The van der Waals surface area contributed by atoms with Gasteiger partial charge >= 0.3 is 0 Å². The summed E-state index contributed by atoms with van der Waals surface area (Å²) >= 11 is 8.00. The number of nitrogens with two attached hydrogens (primary N) is 1. The Morgan fingerprint density at radius 1 is 1.06 bits per heavy atom. The average Bonchev–Trinajstić information content (AvgIpc) is 2.38. The fraction of sp³-hybridized carbons (Fsp3) is 0.0769. The van der Waals surface area contributed by atoms with Crippen LogP contribution in [0.3, 0.4) is 0 Å². The van der Waals surface area contributed by atoms with Crippen LogP contribution in [0.25, 0.3) is 0 Å². The molecule has 2 aromatic carbocycles. The number of halogens is 3. The van der Waals surface area contributed by atoms with E-state index in [4.69, 9.17) is 5.73 Å². The molecule has 0 atom stereocenters. The lowest BCUT2D eigenvalue weighted by Crippen LogP contribution is -1.99. The molecule has 0 unspecified atom stereocenters. The first-order chi connectivity index (χ1) is 8.61. The zero-order chi connectivity index (χ0) is 13.1. The van der Waals surface area contributed by atoms with E-state index in [9.17, 15) is 4.39 Å². The maximum atomic E-state index is 14.1. The van der Waals surface area contributed by atoms with Gasteiger partial charge in [0, 0.05) is 20.8 Å². The Balaban J connectivity index is 2.29. The summed E-state index contributed by atoms with van der Waals surface area (Å²) in [5, 5.41) is 0. The van der Waals surface area contributed by atoms with E-state index in [-0.39, 0.29) is 5.82 Å². The Kier molecular flexibility index (Phi) is 4.84. The molecular weight excluding hydrogens is 381 g/mol. The van der Waals surface area contributed by atoms with Crippen molar-refractivity contribution in [3.63, 3.8) is 0 Å². The largest absolute Gasteiger partial charge is 0.326 e. The maximum Gasteiger partial charge on any atom is 0.151 e. The summed E-state index contributed by atoms with van der Waals surface area (Å²) in [4.78, 5) is 1.57. The zero-order valence-corrected chi connectivity index (χ0v) is 13.3. The predicted octanol–water partition coefficient (Wildman–Crippen LogP) is 4.96. The monoisotopic (exact) mass is 389 g/mol. The standard InChI is InChI=1S/C13H10Br2FNS/c14-9-2-4-10(5-3-9)18-11-6-1-8(7-17)12(15)13(11)16/h1-6H,7,17H2. The first-order valence-corrected chi connectivity index (χ1v) is 7.62. The first kappa shape index (κ1) is 14.1. The van der Waals surface area contributed by atoms with Gasteiger partial charge in [0.2, 0.25) is 0 Å². The number of rotatable bonds is 3. The Bertz CT molecular complexity index is 558. The second kappa shape index (κ2) is 6.19. The van der Waals surface area contributed by atoms with Crippen molar-refractivity contribution in [1.29, 1.82) is 0 Å². The Morgan fingerprint density at radius 3 is 2.33 bits per heavy atom. The molecule has 1 nitrogen and oxygen atoms in total. The average molecular weight is 391 g/mol. The molecule has 0 aliphatic carbocycles. The van der Waals surface area contributed by atoms with Gasteiger partial charge in [-0.15, -0.1) is 0 Å². The highest BCUT2D eigenvalue weighted by atomic mass is 79.9. The SMILES string of the molecule is NCc1ccc(Sc2ccc(Br)cc2)c(F)c1Br. The van der Waals surface area contributed by atoms with E-state index < -0.39 is 0 Å². The van der Waals surface area contributed by atoms with Gasteiger partial charge in [-0.25, -0.2) is 4.39 Å². The Labute approximate surface area is 126 Å². The van der Waals surface area contributed by atoms with Gasteiger partial charge in [0.25, 0.3) is 0 Å². The van der Waals surface area contributed by atoms with Crippen LogP contribution in [0.2, 0.25) is 0 Å². The molecule has 0 radical (unpaired) electrons. The topological polar surface area (TPSA) is 26.0 Å². The molecule has 0 saturated carbocycles. The van der Waals surface area contributed by atoms with Crippen LogP contribution in [0, 0.1) is 5.82 Å². The molecule has 0 bridgehead atoms. The Hall–Kier alpha value is -0.360. The molecule has 0 aliphatic heterocycles. The van der Waals surface area contributed by atoms with E-state index in [1.54, 1.807) is 6.07 Å². The van der Waals surface area contributed by atoms with Crippen LogP contribution >= 0.6 is 43.6 Å². The van der Waals surface area contributed by atoms with Gasteiger partial charge in [0.1, 0.15) is 0 Å². The maximum absolute atomic E-state index is 14.1. The molecule has 0 saturated heterocycles. The van der Waals surface area contributed by atoms with E-state index >= 15 is 0 Å². The molecule has 18 heavy (non-hydrogen) atoms. The van der Waals surface area contributed by atoms with Crippen molar-refractivity contribution in [3.05, 3.63) is 56.7 Å². The molecule has 0 spiro atoms. The second-order valence-electron chi connectivity index (χ2n) is 3.61. The smallest absolute Gasteiger partial charge is 0.151 e. The van der Waals surface area contributed by atoms with Gasteiger partial charge in [0.15, 0.2) is 5.82 Å². The highest BCUT2D eigenvalue weighted by molar-refractivity contribution is 9.10. The van der Waals surface area contributed by atoms with Crippen LogP contribution < -0.4 is 5.73 Å². The predicted molar refractivity (Wildman–Crippen MR) is 80.3 cm³/mol. The van der Waals surface area contributed by atoms with E-state index in [0.717, 1.165) is 14.9 Å². The van der Waals surface area contributed by atoms with E-state index in [1.807, 2.05) is 30.3 Å². The van der Waals surface area contributed by atoms with Crippen LogP contribution in [-0.2, 0) is 6.54 Å². The quantitative estimate of drug-likeness (QED) is 0.801. The van der Waals surface area contributed by atoms with Gasteiger partial charge < -0.3 is 5.73 Å². The summed E-state index contributed by atoms with van der Waals surface area (Å²) in [5.74, 6) is -0.258. The molecule has 5 heteroatoms. The van der Waals surface area contributed by atoms with Crippen LogP contribution in [0.1, 0.15) is 5.56 Å². The summed E-state index contributed by atoms with van der Waals surface area (Å²) in [6.45, 7) is 0.320. The van der Waals surface area contributed by atoms with Crippen molar-refractivity contribution < 1.29 is 4.39 Å². The van der Waals surface area contributed by atoms with Gasteiger partial charge in [-0.2, -0.15) is 0 Å². The molecule has 0 heterocycles. The number of benzene rings is 2. The van der Waals surface area contributed by atoms with Gasteiger partial charge in [-0.05, 0) is 51.8 Å². The van der Waals surface area contributed by atoms with E-state index in [0.29, 0.717) is 15.9 Å². The lowest BCUT2D eigenvalue weighted by Gasteiger charge is -2.08. The van der Waals surface area contributed by atoms with Crippen molar-refractivity contribution in [2.75, 3.05) is 0 Å². The molecular formula is C13H10Br2FNS. The minimum absolute atomic E-state index is 0.258. The minimum Gasteiger partial charge on any atom is -0.326 e. The zero-order valence-electron chi connectivity index (χ0n) is 9.29. The van der Waals surface area contributed by atoms with Crippen LogP contribution in [-0.4, -0.2) is 0 Å². The van der Waals surface area contributed by atoms with Gasteiger partial charge in [0.05, 0.1) is 4.47 Å². The number of hydrogen-bond donors (Lipinski definition) is 1. The third-order valence-corrected chi connectivity index (χ3v) is 4.82. The van der Waals surface area contributed by atoms with Crippen molar-refractivity contribution in [2.24, 2.45) is 5.73 Å². The molecule has 2 N–H and O–H groups in total. The summed E-state index contributed by atoms with van der Waals surface area (Å²) in [5.41, 5.74) is 6.30. The lowest BCUT2D eigenvalue weighted by atomic mass is 10.2. The van der Waals surface area contributed by atoms with Crippen molar-refractivity contribution in [3.8, 4) is 0 Å². The normalized spacial score (nSPS) is 10.7. The molecule has 2 aromatic rings. The summed E-state index contributed by atoms with van der Waals surface area (Å²) in [6, 6.07) is 11.4. The van der Waals surface area contributed by atoms with Gasteiger partial charge in [-0.1, -0.05) is 33.8 Å². The number of hydrogen-bond acceptors (Lipinski definition) is 2. The van der Waals surface area contributed by atoms with Crippen molar-refractivity contribution >= 4 is 43.6 Å². The Morgan fingerprint density at radius 2 is 1.72 bits per heavy atom. The molecule has 0 aromatic heterocycles. The summed E-state index contributed by atoms with van der Waals surface area (Å²) in [7, 11) is 0. The van der Waals surface area contributed by atoms with Gasteiger partial charge in [-0.3, -0.25) is 0 Å². The van der Waals surface area contributed by atoms with Crippen LogP contribution in [0.4, 0.5) is 4.39 Å². The third kappa shape index (κ3) is 3.15. The summed E-state index contributed by atoms with van der Waals surface area (Å²) < 4.78 is 15.5. The summed E-state index contributed by atoms with van der Waals surface area (Å²) in [6.07, 6.45) is 0. The minimum atomic E-state index is -0.258. The third-order valence-electron chi connectivity index (χ3n) is 2.39. The van der Waals surface area contributed by atoms with E-state index in [1.165, 1.54) is 11.8 Å². The van der Waals surface area contributed by atoms with Crippen molar-refractivity contribution in [1.82, 2.24) is 0 Å². The first-order valence-electron chi connectivity index (χ1n) is 5.22. The highest BCUT2D eigenvalue weighted by Crippen LogP contribution is 2.34. The highest BCUT2D eigenvalue weighted by Gasteiger charge is 2.11. The second-order valence-corrected chi connectivity index (χ2v) is 6.43. The van der Waals surface area contributed by atoms with Crippen LogP contribution in [0.5, 0.6) is 0 Å². The molecule has 0 aliphatic rings. The lowest BCUT2D eigenvalue weighted by molar-refractivity contribution is 0.592. The van der Waals surface area contributed by atoms with E-state index in [2.05, 4.69) is 31.9 Å². The van der Waals surface area contributed by atoms with Crippen molar-refractivity contribution in [2.45, 2.75) is 16.3 Å². The molecule has 0 amide bonds. The molecule has 2 rings (SSSR count). The fourth-order valence-corrected chi connectivity index (χ4v) is 3.19. The fourth-order valence-electron chi connectivity index (χ4n) is 1.44.